The van der Waals surface area contributed by atoms with E-state index in [1.54, 1.807) is 24.3 Å². The van der Waals surface area contributed by atoms with Crippen molar-refractivity contribution >= 4 is 29.1 Å². The van der Waals surface area contributed by atoms with Crippen LogP contribution in [0.5, 0.6) is 5.75 Å². The third-order valence-electron chi connectivity index (χ3n) is 5.54. The number of morpholine rings is 1. The summed E-state index contributed by atoms with van der Waals surface area (Å²) in [6.07, 6.45) is 1.47. The number of furan rings is 1. The van der Waals surface area contributed by atoms with Crippen molar-refractivity contribution in [3.05, 3.63) is 58.5 Å². The van der Waals surface area contributed by atoms with Crippen LogP contribution in [0.25, 0.3) is 5.76 Å². The Morgan fingerprint density at radius 1 is 1.23 bits per heavy atom. The maximum atomic E-state index is 13.0. The van der Waals surface area contributed by atoms with Crippen LogP contribution in [0.4, 0.5) is 0 Å². The lowest BCUT2D eigenvalue weighted by Gasteiger charge is -2.30. The van der Waals surface area contributed by atoms with Crippen LogP contribution in [-0.4, -0.2) is 73.1 Å². The summed E-state index contributed by atoms with van der Waals surface area (Å²) < 4.78 is 16.0. The lowest BCUT2D eigenvalue weighted by molar-refractivity contribution is -0.140. The first-order valence-electron chi connectivity index (χ1n) is 9.97. The topological polar surface area (TPSA) is 92.5 Å². The number of hydrogen-bond acceptors (Lipinski definition) is 7. The van der Waals surface area contributed by atoms with E-state index in [-0.39, 0.29) is 16.4 Å². The number of amides is 1. The van der Waals surface area contributed by atoms with Crippen molar-refractivity contribution in [1.29, 1.82) is 0 Å². The second-order valence-electron chi connectivity index (χ2n) is 7.31. The Bertz CT molecular complexity index is 997. The van der Waals surface area contributed by atoms with Gasteiger partial charge in [-0.2, -0.15) is 0 Å². The molecule has 8 nitrogen and oxygen atoms in total. The second-order valence-corrected chi connectivity index (χ2v) is 7.72. The molecule has 2 aliphatic rings. The first-order valence-corrected chi connectivity index (χ1v) is 10.3. The monoisotopic (exact) mass is 446 g/mol. The van der Waals surface area contributed by atoms with Crippen LogP contribution in [0.3, 0.4) is 0 Å². The van der Waals surface area contributed by atoms with Crippen molar-refractivity contribution in [1.82, 2.24) is 9.80 Å². The first kappa shape index (κ1) is 21.4. The van der Waals surface area contributed by atoms with Gasteiger partial charge in [0.15, 0.2) is 0 Å². The van der Waals surface area contributed by atoms with E-state index in [1.165, 1.54) is 24.3 Å². The van der Waals surface area contributed by atoms with E-state index in [0.717, 1.165) is 13.1 Å². The van der Waals surface area contributed by atoms with Gasteiger partial charge in [0.1, 0.15) is 23.3 Å². The number of halogens is 1. The molecule has 164 valence electrons. The first-order chi connectivity index (χ1) is 15.0. The van der Waals surface area contributed by atoms with Crippen molar-refractivity contribution in [3.63, 3.8) is 0 Å². The van der Waals surface area contributed by atoms with Crippen LogP contribution in [0.15, 0.2) is 46.6 Å². The van der Waals surface area contributed by atoms with E-state index in [0.29, 0.717) is 43.4 Å². The van der Waals surface area contributed by atoms with Crippen LogP contribution in [0.1, 0.15) is 17.4 Å². The number of nitrogens with zero attached hydrogens (tertiary/aromatic N) is 2. The molecule has 2 aromatic rings. The van der Waals surface area contributed by atoms with Gasteiger partial charge < -0.3 is 23.9 Å². The number of methoxy groups -OCH3 is 1. The average molecular weight is 447 g/mol. The molecule has 4 rings (SSSR count). The van der Waals surface area contributed by atoms with Crippen molar-refractivity contribution in [2.45, 2.75) is 6.04 Å². The molecule has 1 aromatic heterocycles. The van der Waals surface area contributed by atoms with E-state index in [1.807, 2.05) is 0 Å². The van der Waals surface area contributed by atoms with Crippen LogP contribution < -0.4 is 4.74 Å². The SMILES string of the molecule is COc1ccc(/C(O)=C2\C(=O)C(=O)N(CCN3CCOCC3)[C@H]2c2ccco2)cc1Cl. The molecule has 2 aliphatic heterocycles. The Labute approximate surface area is 184 Å². The summed E-state index contributed by atoms with van der Waals surface area (Å²) in [6.45, 7) is 3.70. The summed E-state index contributed by atoms with van der Waals surface area (Å²) >= 11 is 6.19. The van der Waals surface area contributed by atoms with E-state index in [9.17, 15) is 14.7 Å². The normalized spacial score (nSPS) is 21.6. The molecule has 31 heavy (non-hydrogen) atoms. The van der Waals surface area contributed by atoms with Gasteiger partial charge in [0.2, 0.25) is 0 Å². The Kier molecular flexibility index (Phi) is 6.31. The molecule has 9 heteroatoms. The third-order valence-corrected chi connectivity index (χ3v) is 5.83. The number of ketones is 1. The van der Waals surface area contributed by atoms with Crippen LogP contribution in [-0.2, 0) is 14.3 Å². The number of aliphatic hydroxyl groups excluding tert-OH is 1. The Morgan fingerprint density at radius 2 is 2.00 bits per heavy atom. The third kappa shape index (κ3) is 4.19. The summed E-state index contributed by atoms with van der Waals surface area (Å²) in [5.74, 6) is -0.893. The highest BCUT2D eigenvalue weighted by Gasteiger charge is 2.47. The van der Waals surface area contributed by atoms with Gasteiger partial charge in [-0.05, 0) is 30.3 Å². The van der Waals surface area contributed by atoms with Crippen LogP contribution in [0, 0.1) is 0 Å². The molecule has 0 radical (unpaired) electrons. The molecule has 2 fully saturated rings. The zero-order chi connectivity index (χ0) is 22.0. The van der Waals surface area contributed by atoms with Gasteiger partial charge in [-0.3, -0.25) is 14.5 Å². The van der Waals surface area contributed by atoms with Gasteiger partial charge in [0.05, 0.1) is 37.2 Å². The predicted octanol–water partition coefficient (Wildman–Crippen LogP) is 2.70. The van der Waals surface area contributed by atoms with Crippen molar-refractivity contribution in [2.24, 2.45) is 0 Å². The van der Waals surface area contributed by atoms with E-state index >= 15 is 0 Å². The maximum absolute atomic E-state index is 13.0. The molecular weight excluding hydrogens is 424 g/mol. The number of likely N-dealkylation sites (tertiary alicyclic amines) is 1. The largest absolute Gasteiger partial charge is 0.507 e. The number of aliphatic hydroxyl groups is 1. The molecule has 3 heterocycles. The minimum atomic E-state index is -0.822. The zero-order valence-electron chi connectivity index (χ0n) is 17.0. The van der Waals surface area contributed by atoms with Gasteiger partial charge in [0, 0.05) is 31.7 Å². The molecular formula is C22H23ClN2O6. The standard InChI is InChI=1S/C22H23ClN2O6/c1-29-16-5-4-14(13-15(16)23)20(26)18-19(17-3-2-10-31-17)25(22(28)21(18)27)7-6-24-8-11-30-12-9-24/h2-5,10,13,19,26H,6-9,11-12H2,1H3/b20-18+/t19-/m0/s1. The molecule has 0 bridgehead atoms. The molecule has 1 atom stereocenters. The molecule has 1 N–H and O–H groups in total. The molecule has 1 amide bonds. The van der Waals surface area contributed by atoms with Crippen molar-refractivity contribution < 1.29 is 28.6 Å². The van der Waals surface area contributed by atoms with E-state index in [4.69, 9.17) is 25.5 Å². The quantitative estimate of drug-likeness (QED) is 0.414. The highest BCUT2D eigenvalue weighted by molar-refractivity contribution is 6.46. The molecule has 0 aliphatic carbocycles. The number of Topliss-reactive ketones (excluding diaryl/α,β-unsaturated/α-hetero) is 1. The van der Waals surface area contributed by atoms with E-state index < -0.39 is 17.7 Å². The molecule has 0 unspecified atom stereocenters. The fourth-order valence-electron chi connectivity index (χ4n) is 3.90. The summed E-state index contributed by atoms with van der Waals surface area (Å²) in [6, 6.07) is 7.22. The molecule has 2 saturated heterocycles. The maximum Gasteiger partial charge on any atom is 0.295 e. The smallest absolute Gasteiger partial charge is 0.295 e. The van der Waals surface area contributed by atoms with Gasteiger partial charge in [-0.25, -0.2) is 0 Å². The van der Waals surface area contributed by atoms with Gasteiger partial charge in [0.25, 0.3) is 11.7 Å². The minimum Gasteiger partial charge on any atom is -0.507 e. The summed E-state index contributed by atoms with van der Waals surface area (Å²) in [4.78, 5) is 29.5. The van der Waals surface area contributed by atoms with Crippen molar-refractivity contribution in [3.8, 4) is 5.75 Å². The fraction of sp³-hybridized carbons (Fsp3) is 0.364. The Morgan fingerprint density at radius 3 is 2.65 bits per heavy atom. The highest BCUT2D eigenvalue weighted by atomic mass is 35.5. The number of hydrogen-bond donors (Lipinski definition) is 1. The Balaban J connectivity index is 1.70. The van der Waals surface area contributed by atoms with Gasteiger partial charge in [-0.15, -0.1) is 0 Å². The molecule has 0 saturated carbocycles. The number of ether oxygens (including phenoxy) is 2. The summed E-state index contributed by atoms with van der Waals surface area (Å²) in [7, 11) is 1.48. The average Bonchev–Trinajstić information content (AvgIpc) is 3.40. The van der Waals surface area contributed by atoms with Crippen LogP contribution >= 0.6 is 11.6 Å². The number of carbonyl (C=O) groups is 2. The van der Waals surface area contributed by atoms with Gasteiger partial charge in [-0.1, -0.05) is 11.6 Å². The number of carbonyl (C=O) groups excluding carboxylic acids is 2. The lowest BCUT2D eigenvalue weighted by atomic mass is 9.99. The zero-order valence-corrected chi connectivity index (χ0v) is 17.8. The predicted molar refractivity (Wildman–Crippen MR) is 113 cm³/mol. The fourth-order valence-corrected chi connectivity index (χ4v) is 4.15. The minimum absolute atomic E-state index is 0.0249. The van der Waals surface area contributed by atoms with E-state index in [2.05, 4.69) is 4.90 Å². The number of benzene rings is 1. The van der Waals surface area contributed by atoms with Crippen molar-refractivity contribution in [2.75, 3.05) is 46.5 Å². The molecule has 1 aromatic carbocycles. The highest BCUT2D eigenvalue weighted by Crippen LogP contribution is 2.40. The second kappa shape index (κ2) is 9.13. The molecule has 0 spiro atoms. The number of rotatable bonds is 6. The summed E-state index contributed by atoms with van der Waals surface area (Å²) in [5, 5.41) is 11.3. The van der Waals surface area contributed by atoms with Gasteiger partial charge >= 0.3 is 0 Å². The Hall–Kier alpha value is -2.81. The van der Waals surface area contributed by atoms with Crippen LogP contribution in [0.2, 0.25) is 5.02 Å². The lowest BCUT2D eigenvalue weighted by Crippen LogP contribution is -2.42. The summed E-state index contributed by atoms with van der Waals surface area (Å²) in [5.41, 5.74) is 0.289.